The molecule has 190 valence electrons. The zero-order chi connectivity index (χ0) is 26.3. The van der Waals surface area contributed by atoms with Crippen LogP contribution >= 0.6 is 0 Å². The van der Waals surface area contributed by atoms with E-state index in [0.29, 0.717) is 35.4 Å². The number of nitrogen functional groups attached to an aromatic ring is 1. The van der Waals surface area contributed by atoms with Crippen LogP contribution in [0.25, 0.3) is 10.9 Å². The van der Waals surface area contributed by atoms with E-state index < -0.39 is 21.7 Å². The van der Waals surface area contributed by atoms with Crippen LogP contribution in [0.15, 0.2) is 65.8 Å². The van der Waals surface area contributed by atoms with Crippen molar-refractivity contribution in [1.82, 2.24) is 19.9 Å². The Hall–Kier alpha value is -3.92. The van der Waals surface area contributed by atoms with E-state index in [1.54, 1.807) is 31.2 Å². The van der Waals surface area contributed by atoms with Gasteiger partial charge in [0.1, 0.15) is 11.6 Å². The molecule has 37 heavy (non-hydrogen) atoms. The first-order valence-corrected chi connectivity index (χ1v) is 13.5. The van der Waals surface area contributed by atoms with Crippen molar-refractivity contribution >= 4 is 32.5 Å². The average Bonchev–Trinajstić information content (AvgIpc) is 3.74. The van der Waals surface area contributed by atoms with Crippen LogP contribution in [0.3, 0.4) is 0 Å². The maximum Gasteiger partial charge on any atom is 0.254 e. The van der Waals surface area contributed by atoms with Gasteiger partial charge in [-0.15, -0.1) is 0 Å². The van der Waals surface area contributed by atoms with Crippen LogP contribution in [0.2, 0.25) is 0 Å². The highest BCUT2D eigenvalue weighted by Gasteiger charge is 2.37. The van der Waals surface area contributed by atoms with E-state index in [2.05, 4.69) is 15.0 Å². The molecular weight excluding hydrogens is 493 g/mol. The minimum Gasteiger partial charge on any atom is -0.383 e. The number of rotatable bonds is 7. The van der Waals surface area contributed by atoms with Gasteiger partial charge in [0.05, 0.1) is 39.6 Å². The van der Waals surface area contributed by atoms with E-state index in [1.807, 2.05) is 13.0 Å². The zero-order valence-electron chi connectivity index (χ0n) is 20.4. The number of amides is 1. The molecule has 5 rings (SSSR count). The van der Waals surface area contributed by atoms with Crippen LogP contribution in [0.5, 0.6) is 0 Å². The lowest BCUT2D eigenvalue weighted by Crippen LogP contribution is -2.34. The van der Waals surface area contributed by atoms with Gasteiger partial charge in [0, 0.05) is 23.3 Å². The number of nitrogens with two attached hydrogens (primary N) is 1. The third kappa shape index (κ3) is 4.89. The second-order valence-electron chi connectivity index (χ2n) is 9.31. The maximum absolute atomic E-state index is 14.7. The van der Waals surface area contributed by atoms with Crippen LogP contribution < -0.4 is 5.73 Å². The number of pyridine rings is 3. The van der Waals surface area contributed by atoms with Crippen molar-refractivity contribution in [1.29, 1.82) is 0 Å². The summed E-state index contributed by atoms with van der Waals surface area (Å²) in [6, 6.07) is 12.1. The molecule has 3 aromatic heterocycles. The van der Waals surface area contributed by atoms with Gasteiger partial charge in [0.2, 0.25) is 0 Å². The number of benzene rings is 1. The minimum absolute atomic E-state index is 0.0246. The standard InChI is InChI=1S/C27H26FN5O3S/c1-16-12-19-13-18(5-10-24(19)32-26(16)29)27(34)33(17(2)25-23(28)4-3-11-30-25)15-20-6-7-22(14-31-20)37(35,36)21-8-9-21/h3-7,10-14,17,21H,8-9,15H2,1-2H3,(H2,29,32)/t17-/m1/s1. The Labute approximate surface area is 214 Å². The number of aromatic nitrogens is 3. The summed E-state index contributed by atoms with van der Waals surface area (Å²) in [5.74, 6) is -0.462. The molecule has 0 radical (unpaired) electrons. The van der Waals surface area contributed by atoms with Crippen molar-refractivity contribution in [3.63, 3.8) is 0 Å². The first-order chi connectivity index (χ1) is 17.6. The van der Waals surface area contributed by atoms with Gasteiger partial charge in [0.25, 0.3) is 5.91 Å². The van der Waals surface area contributed by atoms with Gasteiger partial charge in [-0.05, 0) is 80.8 Å². The summed E-state index contributed by atoms with van der Waals surface area (Å²) in [5, 5.41) is 0.411. The molecule has 1 aliphatic rings. The van der Waals surface area contributed by atoms with E-state index in [9.17, 15) is 17.6 Å². The van der Waals surface area contributed by atoms with Gasteiger partial charge in [-0.1, -0.05) is 0 Å². The van der Waals surface area contributed by atoms with Gasteiger partial charge >= 0.3 is 0 Å². The summed E-state index contributed by atoms with van der Waals surface area (Å²) in [7, 11) is -3.38. The van der Waals surface area contributed by atoms with Crippen molar-refractivity contribution in [3.8, 4) is 0 Å². The number of fused-ring (bicyclic) bond motifs is 1. The third-order valence-corrected chi connectivity index (χ3v) is 8.87. The summed E-state index contributed by atoms with van der Waals surface area (Å²) in [6.07, 6.45) is 4.12. The van der Waals surface area contributed by atoms with E-state index in [1.165, 1.54) is 35.5 Å². The number of aryl methyl sites for hydroxylation is 1. The number of hydrogen-bond donors (Lipinski definition) is 1. The Balaban J connectivity index is 1.50. The van der Waals surface area contributed by atoms with E-state index in [-0.39, 0.29) is 28.3 Å². The minimum atomic E-state index is -3.38. The Morgan fingerprint density at radius 3 is 2.62 bits per heavy atom. The molecule has 1 saturated carbocycles. The molecule has 0 saturated heterocycles. The second kappa shape index (κ2) is 9.51. The largest absolute Gasteiger partial charge is 0.383 e. The quantitative estimate of drug-likeness (QED) is 0.384. The molecule has 4 aromatic rings. The summed E-state index contributed by atoms with van der Waals surface area (Å²) in [6.45, 7) is 3.56. The molecule has 0 unspecified atom stereocenters. The molecule has 0 bridgehead atoms. The lowest BCUT2D eigenvalue weighted by molar-refractivity contribution is 0.0664. The molecule has 8 nitrogen and oxygen atoms in total. The Kier molecular flexibility index (Phi) is 6.36. The van der Waals surface area contributed by atoms with Crippen LogP contribution in [0.1, 0.15) is 53.1 Å². The average molecular weight is 520 g/mol. The molecule has 1 aromatic carbocycles. The summed E-state index contributed by atoms with van der Waals surface area (Å²) in [4.78, 5) is 28.3. The molecule has 10 heteroatoms. The first-order valence-electron chi connectivity index (χ1n) is 11.9. The number of carbonyl (C=O) groups is 1. The van der Waals surface area contributed by atoms with Crippen molar-refractivity contribution < 1.29 is 17.6 Å². The van der Waals surface area contributed by atoms with E-state index >= 15 is 0 Å². The molecule has 3 heterocycles. The Bertz CT molecular complexity index is 1600. The number of sulfone groups is 1. The van der Waals surface area contributed by atoms with Gasteiger partial charge in [-0.25, -0.2) is 17.8 Å². The van der Waals surface area contributed by atoms with Crippen LogP contribution in [-0.2, 0) is 16.4 Å². The molecule has 1 aliphatic carbocycles. The fraction of sp³-hybridized carbons (Fsp3) is 0.259. The predicted molar refractivity (Wildman–Crippen MR) is 138 cm³/mol. The van der Waals surface area contributed by atoms with E-state index in [0.717, 1.165) is 10.9 Å². The third-order valence-electron chi connectivity index (χ3n) is 6.62. The van der Waals surface area contributed by atoms with Gasteiger partial charge < -0.3 is 10.6 Å². The van der Waals surface area contributed by atoms with E-state index in [4.69, 9.17) is 5.73 Å². The number of nitrogens with zero attached hydrogens (tertiary/aromatic N) is 4. The lowest BCUT2D eigenvalue weighted by Gasteiger charge is -2.29. The Morgan fingerprint density at radius 1 is 1.16 bits per heavy atom. The molecule has 1 atom stereocenters. The number of halogens is 1. The topological polar surface area (TPSA) is 119 Å². The molecule has 2 N–H and O–H groups in total. The molecule has 1 fully saturated rings. The van der Waals surface area contributed by atoms with Gasteiger partial charge in [-0.2, -0.15) is 0 Å². The highest BCUT2D eigenvalue weighted by Crippen LogP contribution is 2.33. The first kappa shape index (κ1) is 24.8. The van der Waals surface area contributed by atoms with Crippen LogP contribution in [0, 0.1) is 12.7 Å². The smallest absolute Gasteiger partial charge is 0.254 e. The summed E-state index contributed by atoms with van der Waals surface area (Å²) >= 11 is 0. The summed E-state index contributed by atoms with van der Waals surface area (Å²) < 4.78 is 39.7. The number of anilines is 1. The fourth-order valence-electron chi connectivity index (χ4n) is 4.25. The highest BCUT2D eigenvalue weighted by atomic mass is 32.2. The highest BCUT2D eigenvalue weighted by molar-refractivity contribution is 7.92. The van der Waals surface area contributed by atoms with Gasteiger partial charge in [-0.3, -0.25) is 14.8 Å². The number of carbonyl (C=O) groups excluding carboxylic acids is 1. The molecular formula is C27H26FN5O3S. The normalized spacial score (nSPS) is 14.5. The monoisotopic (exact) mass is 519 g/mol. The van der Waals surface area contributed by atoms with Crippen molar-refractivity contribution in [3.05, 3.63) is 89.3 Å². The predicted octanol–water partition coefficient (Wildman–Crippen LogP) is 4.39. The maximum atomic E-state index is 14.7. The van der Waals surface area contributed by atoms with Crippen LogP contribution in [0.4, 0.5) is 10.2 Å². The van der Waals surface area contributed by atoms with Crippen molar-refractivity contribution in [2.45, 2.75) is 49.4 Å². The Morgan fingerprint density at radius 2 is 1.95 bits per heavy atom. The fourth-order valence-corrected chi connectivity index (χ4v) is 5.85. The van der Waals surface area contributed by atoms with Crippen molar-refractivity contribution in [2.24, 2.45) is 0 Å². The zero-order valence-corrected chi connectivity index (χ0v) is 21.2. The molecule has 1 amide bonds. The molecule has 0 aliphatic heterocycles. The van der Waals surface area contributed by atoms with Crippen LogP contribution in [-0.4, -0.2) is 39.4 Å². The van der Waals surface area contributed by atoms with Gasteiger partial charge in [0.15, 0.2) is 9.84 Å². The second-order valence-corrected chi connectivity index (χ2v) is 11.5. The molecule has 0 spiro atoms. The van der Waals surface area contributed by atoms with Crippen molar-refractivity contribution in [2.75, 3.05) is 5.73 Å². The number of hydrogen-bond acceptors (Lipinski definition) is 7. The SMILES string of the molecule is Cc1cc2cc(C(=O)N(Cc3ccc(S(=O)(=O)C4CC4)cn3)[C@H](C)c3ncccc3F)ccc2nc1N. The lowest BCUT2D eigenvalue weighted by atomic mass is 10.1. The summed E-state index contributed by atoms with van der Waals surface area (Å²) in [5.41, 5.74) is 8.35.